The van der Waals surface area contributed by atoms with Crippen molar-refractivity contribution in [2.45, 2.75) is 59.0 Å². The van der Waals surface area contributed by atoms with Crippen LogP contribution in [0.15, 0.2) is 53.0 Å². The van der Waals surface area contributed by atoms with Gasteiger partial charge in [-0.2, -0.15) is 11.3 Å². The number of thiophene rings is 1. The zero-order chi connectivity index (χ0) is 27.1. The molecule has 200 valence electrons. The molecule has 0 spiro atoms. The van der Waals surface area contributed by atoms with E-state index in [1.165, 1.54) is 12.0 Å². The van der Waals surface area contributed by atoms with Gasteiger partial charge in [0, 0.05) is 19.5 Å². The summed E-state index contributed by atoms with van der Waals surface area (Å²) >= 11 is 1.56. The molecular formula is C29H34N4O4S. The second-order valence-electron chi connectivity index (χ2n) is 9.32. The molecule has 0 saturated carbocycles. The molecule has 3 aromatic rings. The number of carbonyl (C=O) groups excluding carboxylic acids is 3. The van der Waals surface area contributed by atoms with Gasteiger partial charge in [-0.05, 0) is 59.0 Å². The highest BCUT2D eigenvalue weighted by Crippen LogP contribution is 2.27. The Morgan fingerprint density at radius 3 is 2.42 bits per heavy atom. The molecule has 1 aliphatic heterocycles. The van der Waals surface area contributed by atoms with Gasteiger partial charge in [-0.25, -0.2) is 14.6 Å². The molecular weight excluding hydrogens is 500 g/mol. The number of carbonyl (C=O) groups is 3. The van der Waals surface area contributed by atoms with Gasteiger partial charge < -0.3 is 9.30 Å². The molecule has 9 heteroatoms. The number of hydrogen-bond donors (Lipinski definition) is 0. The van der Waals surface area contributed by atoms with Crippen molar-refractivity contribution in [3.05, 3.63) is 81.2 Å². The Balaban J connectivity index is 1.70. The van der Waals surface area contributed by atoms with E-state index in [0.29, 0.717) is 30.9 Å². The van der Waals surface area contributed by atoms with Crippen molar-refractivity contribution in [3.8, 4) is 0 Å². The zero-order valence-corrected chi connectivity index (χ0v) is 23.0. The number of benzene rings is 1. The Kier molecular flexibility index (Phi) is 9.12. The van der Waals surface area contributed by atoms with E-state index < -0.39 is 0 Å². The number of esters is 1. The maximum atomic E-state index is 13.5. The monoisotopic (exact) mass is 534 g/mol. The van der Waals surface area contributed by atoms with Gasteiger partial charge in [0.1, 0.15) is 11.5 Å². The van der Waals surface area contributed by atoms with E-state index in [0.717, 1.165) is 54.7 Å². The smallest absolute Gasteiger partial charge is 0.337 e. The van der Waals surface area contributed by atoms with Crippen LogP contribution in [0, 0.1) is 0 Å². The number of methoxy groups -OCH3 is 1. The van der Waals surface area contributed by atoms with Crippen LogP contribution in [0.2, 0.25) is 0 Å². The number of unbranched alkanes of at least 4 members (excludes halogenated alkanes) is 2. The average Bonchev–Trinajstić information content (AvgIpc) is 3.63. The van der Waals surface area contributed by atoms with Crippen LogP contribution < -0.4 is 0 Å². The molecule has 0 radical (unpaired) electrons. The first-order valence-corrected chi connectivity index (χ1v) is 14.0. The van der Waals surface area contributed by atoms with Gasteiger partial charge >= 0.3 is 12.0 Å². The quantitative estimate of drug-likeness (QED) is 0.168. The molecule has 3 heterocycles. The molecule has 0 unspecified atom stereocenters. The summed E-state index contributed by atoms with van der Waals surface area (Å²) in [4.78, 5) is 46.2. The number of ether oxygens (including phenoxy) is 1. The number of imide groups is 1. The maximum Gasteiger partial charge on any atom is 0.337 e. The molecule has 3 amide bonds. The standard InChI is InChI=1S/C29H34N4O4S/c1-4-6-8-26-30-17-24(32(26)18-21-9-11-23(12-10-21)28(35)37-3)16-25-27(34)31(14-7-5-2)29(36)33(25)19-22-13-15-38-20-22/h9-13,15-17,20H,4-8,14,18-19H2,1-3H3/b25-16-. The molecule has 4 rings (SSSR count). The molecule has 0 N–H and O–H groups in total. The van der Waals surface area contributed by atoms with Gasteiger partial charge in [-0.15, -0.1) is 0 Å². The number of hydrogen-bond acceptors (Lipinski definition) is 6. The summed E-state index contributed by atoms with van der Waals surface area (Å²) in [6.07, 6.45) is 8.04. The van der Waals surface area contributed by atoms with Crippen LogP contribution in [0.4, 0.5) is 4.79 Å². The molecule has 0 aliphatic carbocycles. The van der Waals surface area contributed by atoms with Crippen molar-refractivity contribution in [3.63, 3.8) is 0 Å². The average molecular weight is 535 g/mol. The van der Waals surface area contributed by atoms with Gasteiger partial charge in [-0.3, -0.25) is 14.6 Å². The molecule has 1 saturated heterocycles. The highest BCUT2D eigenvalue weighted by Gasteiger charge is 2.40. The molecule has 0 atom stereocenters. The number of nitrogens with zero attached hydrogens (tertiary/aromatic N) is 4. The third-order valence-corrected chi connectivity index (χ3v) is 7.33. The first-order valence-electron chi connectivity index (χ1n) is 13.0. The Labute approximate surface area is 227 Å². The van der Waals surface area contributed by atoms with Crippen molar-refractivity contribution >= 4 is 35.3 Å². The summed E-state index contributed by atoms with van der Waals surface area (Å²) < 4.78 is 6.90. The molecule has 2 aromatic heterocycles. The molecule has 1 fully saturated rings. The van der Waals surface area contributed by atoms with Gasteiger partial charge in [0.05, 0.1) is 31.1 Å². The van der Waals surface area contributed by atoms with Crippen LogP contribution in [0.1, 0.15) is 72.5 Å². The Morgan fingerprint density at radius 2 is 1.76 bits per heavy atom. The summed E-state index contributed by atoms with van der Waals surface area (Å²) in [7, 11) is 1.36. The van der Waals surface area contributed by atoms with Crippen LogP contribution in [-0.2, 0) is 29.0 Å². The lowest BCUT2D eigenvalue weighted by atomic mass is 10.1. The Morgan fingerprint density at radius 1 is 1.00 bits per heavy atom. The van der Waals surface area contributed by atoms with E-state index in [2.05, 4.69) is 16.5 Å². The van der Waals surface area contributed by atoms with E-state index in [4.69, 9.17) is 4.74 Å². The molecule has 1 aromatic carbocycles. The lowest BCUT2D eigenvalue weighted by molar-refractivity contribution is -0.123. The molecule has 38 heavy (non-hydrogen) atoms. The SMILES string of the molecule is CCCCc1ncc(/C=C2/C(=O)N(CCCC)C(=O)N2Cc2ccsc2)n1Cc1ccc(C(=O)OC)cc1. The van der Waals surface area contributed by atoms with Gasteiger partial charge in [0.15, 0.2) is 0 Å². The van der Waals surface area contributed by atoms with E-state index in [-0.39, 0.29) is 17.9 Å². The lowest BCUT2D eigenvalue weighted by Crippen LogP contribution is -2.33. The predicted octanol–water partition coefficient (Wildman–Crippen LogP) is 5.73. The third kappa shape index (κ3) is 6.05. The molecule has 1 aliphatic rings. The van der Waals surface area contributed by atoms with Crippen molar-refractivity contribution in [2.24, 2.45) is 0 Å². The van der Waals surface area contributed by atoms with Crippen LogP contribution in [0.3, 0.4) is 0 Å². The molecule has 8 nitrogen and oxygen atoms in total. The summed E-state index contributed by atoms with van der Waals surface area (Å²) in [5.74, 6) is 0.264. The lowest BCUT2D eigenvalue weighted by Gasteiger charge is -2.17. The fourth-order valence-corrected chi connectivity index (χ4v) is 5.07. The van der Waals surface area contributed by atoms with Crippen molar-refractivity contribution in [2.75, 3.05) is 13.7 Å². The van der Waals surface area contributed by atoms with E-state index >= 15 is 0 Å². The van der Waals surface area contributed by atoms with Crippen molar-refractivity contribution < 1.29 is 19.1 Å². The minimum atomic E-state index is -0.379. The summed E-state index contributed by atoms with van der Waals surface area (Å²) in [5.41, 5.74) is 3.59. The second kappa shape index (κ2) is 12.7. The van der Waals surface area contributed by atoms with Crippen molar-refractivity contribution in [1.82, 2.24) is 19.4 Å². The first kappa shape index (κ1) is 27.3. The summed E-state index contributed by atoms with van der Waals surface area (Å²) in [6, 6.07) is 8.97. The predicted molar refractivity (Wildman–Crippen MR) is 148 cm³/mol. The minimum absolute atomic E-state index is 0.274. The normalized spacial score (nSPS) is 14.7. The summed E-state index contributed by atoms with van der Waals surface area (Å²) in [6.45, 7) is 5.44. The highest BCUT2D eigenvalue weighted by molar-refractivity contribution is 7.07. The van der Waals surface area contributed by atoms with Gasteiger partial charge in [0.2, 0.25) is 0 Å². The number of imidazole rings is 1. The second-order valence-corrected chi connectivity index (χ2v) is 10.1. The fraction of sp³-hybridized carbons (Fsp3) is 0.379. The fourth-order valence-electron chi connectivity index (χ4n) is 4.41. The van der Waals surface area contributed by atoms with E-state index in [1.54, 1.807) is 40.6 Å². The number of rotatable bonds is 12. The number of aromatic nitrogens is 2. The zero-order valence-electron chi connectivity index (χ0n) is 22.2. The Bertz CT molecular complexity index is 1290. The van der Waals surface area contributed by atoms with E-state index in [9.17, 15) is 14.4 Å². The van der Waals surface area contributed by atoms with Crippen molar-refractivity contribution in [1.29, 1.82) is 0 Å². The first-order chi connectivity index (χ1) is 18.5. The van der Waals surface area contributed by atoms with Gasteiger partial charge in [-0.1, -0.05) is 38.8 Å². The van der Waals surface area contributed by atoms with Crippen LogP contribution in [0.25, 0.3) is 6.08 Å². The van der Waals surface area contributed by atoms with E-state index in [1.807, 2.05) is 35.9 Å². The number of urea groups is 1. The largest absolute Gasteiger partial charge is 0.465 e. The maximum absolute atomic E-state index is 13.5. The molecule has 0 bridgehead atoms. The highest BCUT2D eigenvalue weighted by atomic mass is 32.1. The van der Waals surface area contributed by atoms with Crippen LogP contribution >= 0.6 is 11.3 Å². The number of aryl methyl sites for hydroxylation is 1. The van der Waals surface area contributed by atoms with Gasteiger partial charge in [0.25, 0.3) is 5.91 Å². The van der Waals surface area contributed by atoms with Crippen LogP contribution in [-0.4, -0.2) is 50.9 Å². The topological polar surface area (TPSA) is 84.7 Å². The Hall–Kier alpha value is -3.72. The third-order valence-electron chi connectivity index (χ3n) is 6.60. The van der Waals surface area contributed by atoms with Crippen LogP contribution in [0.5, 0.6) is 0 Å². The minimum Gasteiger partial charge on any atom is -0.465 e. The number of amides is 3. The summed E-state index contributed by atoms with van der Waals surface area (Å²) in [5, 5.41) is 3.96.